The third-order valence-electron chi connectivity index (χ3n) is 5.17. The van der Waals surface area contributed by atoms with Crippen molar-refractivity contribution in [3.63, 3.8) is 0 Å². The SMILES string of the molecule is COc1ccc(CNC(=O)Cn2nc3c(Oc4cccc(C)c4C)nccn3c2=O)cc1. The highest BCUT2D eigenvalue weighted by Gasteiger charge is 2.16. The van der Waals surface area contributed by atoms with E-state index in [0.717, 1.165) is 27.1 Å². The number of benzene rings is 2. The van der Waals surface area contributed by atoms with E-state index in [1.807, 2.05) is 56.3 Å². The van der Waals surface area contributed by atoms with Gasteiger partial charge in [0.25, 0.3) is 5.88 Å². The van der Waals surface area contributed by atoms with Crippen LogP contribution in [0.4, 0.5) is 0 Å². The van der Waals surface area contributed by atoms with E-state index in [4.69, 9.17) is 9.47 Å². The Bertz CT molecular complexity index is 1320. The Morgan fingerprint density at radius 3 is 2.66 bits per heavy atom. The van der Waals surface area contributed by atoms with E-state index in [9.17, 15) is 9.59 Å². The zero-order valence-corrected chi connectivity index (χ0v) is 18.0. The van der Waals surface area contributed by atoms with E-state index in [0.29, 0.717) is 12.3 Å². The molecule has 0 atom stereocenters. The molecule has 0 unspecified atom stereocenters. The van der Waals surface area contributed by atoms with Crippen LogP contribution in [-0.4, -0.2) is 32.2 Å². The molecule has 32 heavy (non-hydrogen) atoms. The standard InChI is InChI=1S/C23H23N5O4/c1-15-5-4-6-19(16(15)2)32-22-21-26-28(23(30)27(21)12-11-24-22)14-20(29)25-13-17-7-9-18(31-3)10-8-17/h4-12H,13-14H2,1-3H3,(H,25,29). The van der Waals surface area contributed by atoms with Gasteiger partial charge in [-0.05, 0) is 48.7 Å². The first-order valence-corrected chi connectivity index (χ1v) is 10.0. The molecule has 2 aromatic heterocycles. The highest BCUT2D eigenvalue weighted by molar-refractivity contribution is 5.75. The molecule has 4 aromatic rings. The lowest BCUT2D eigenvalue weighted by Crippen LogP contribution is -2.32. The minimum atomic E-state index is -0.451. The van der Waals surface area contributed by atoms with Crippen molar-refractivity contribution in [3.8, 4) is 17.4 Å². The first-order chi connectivity index (χ1) is 15.5. The Labute approximate surface area is 184 Å². The third kappa shape index (κ3) is 4.31. The lowest BCUT2D eigenvalue weighted by Gasteiger charge is -2.09. The molecule has 2 heterocycles. The van der Waals surface area contributed by atoms with Gasteiger partial charge in [-0.1, -0.05) is 24.3 Å². The quantitative estimate of drug-likeness (QED) is 0.481. The molecule has 0 aliphatic heterocycles. The number of carbonyl (C=O) groups excluding carboxylic acids is 1. The van der Waals surface area contributed by atoms with Crippen LogP contribution in [0, 0.1) is 13.8 Å². The van der Waals surface area contributed by atoms with Crippen molar-refractivity contribution in [2.45, 2.75) is 26.9 Å². The van der Waals surface area contributed by atoms with E-state index < -0.39 is 5.69 Å². The van der Waals surface area contributed by atoms with Gasteiger partial charge in [0.2, 0.25) is 11.6 Å². The lowest BCUT2D eigenvalue weighted by molar-refractivity contribution is -0.122. The fourth-order valence-corrected chi connectivity index (χ4v) is 3.18. The Kier molecular flexibility index (Phi) is 5.89. The molecule has 0 radical (unpaired) electrons. The monoisotopic (exact) mass is 433 g/mol. The predicted octanol–water partition coefficient (Wildman–Crippen LogP) is 2.63. The van der Waals surface area contributed by atoms with Gasteiger partial charge in [0, 0.05) is 18.9 Å². The van der Waals surface area contributed by atoms with Gasteiger partial charge in [0.1, 0.15) is 18.0 Å². The highest BCUT2D eigenvalue weighted by Crippen LogP contribution is 2.27. The third-order valence-corrected chi connectivity index (χ3v) is 5.17. The molecular formula is C23H23N5O4. The van der Waals surface area contributed by atoms with Gasteiger partial charge in [0.15, 0.2) is 0 Å². The summed E-state index contributed by atoms with van der Waals surface area (Å²) in [7, 11) is 1.59. The van der Waals surface area contributed by atoms with Crippen LogP contribution in [0.1, 0.15) is 16.7 Å². The summed E-state index contributed by atoms with van der Waals surface area (Å²) >= 11 is 0. The summed E-state index contributed by atoms with van der Waals surface area (Å²) in [5.41, 5.74) is 2.74. The van der Waals surface area contributed by atoms with E-state index in [1.165, 1.54) is 16.8 Å². The molecule has 0 aliphatic rings. The molecule has 0 saturated heterocycles. The first kappa shape index (κ1) is 21.1. The minimum absolute atomic E-state index is 0.190. The average Bonchev–Trinajstić information content (AvgIpc) is 3.12. The van der Waals surface area contributed by atoms with Crippen molar-refractivity contribution in [2.24, 2.45) is 0 Å². The van der Waals surface area contributed by atoms with E-state index in [1.54, 1.807) is 7.11 Å². The van der Waals surface area contributed by atoms with Crippen molar-refractivity contribution in [3.05, 3.63) is 82.0 Å². The molecule has 0 spiro atoms. The number of nitrogens with zero attached hydrogens (tertiary/aromatic N) is 4. The topological polar surface area (TPSA) is 99.8 Å². The molecule has 0 bridgehead atoms. The lowest BCUT2D eigenvalue weighted by atomic mass is 10.1. The second-order valence-electron chi connectivity index (χ2n) is 7.29. The molecule has 0 fully saturated rings. The van der Waals surface area contributed by atoms with Gasteiger partial charge in [0.05, 0.1) is 7.11 Å². The molecule has 164 valence electrons. The fourth-order valence-electron chi connectivity index (χ4n) is 3.18. The number of hydrogen-bond acceptors (Lipinski definition) is 6. The number of hydrogen-bond donors (Lipinski definition) is 1. The smallest absolute Gasteiger partial charge is 0.351 e. The number of aromatic nitrogens is 4. The van der Waals surface area contributed by atoms with Gasteiger partial charge in [-0.3, -0.25) is 4.79 Å². The fraction of sp³-hybridized carbons (Fsp3) is 0.217. The number of amides is 1. The van der Waals surface area contributed by atoms with Gasteiger partial charge < -0.3 is 14.8 Å². The average molecular weight is 433 g/mol. The van der Waals surface area contributed by atoms with E-state index in [2.05, 4.69) is 15.4 Å². The van der Waals surface area contributed by atoms with Crippen molar-refractivity contribution in [1.29, 1.82) is 0 Å². The Balaban J connectivity index is 1.51. The molecule has 0 aliphatic carbocycles. The summed E-state index contributed by atoms with van der Waals surface area (Å²) in [6.07, 6.45) is 2.96. The summed E-state index contributed by atoms with van der Waals surface area (Å²) in [6.45, 7) is 4.04. The van der Waals surface area contributed by atoms with Crippen LogP contribution in [0.2, 0.25) is 0 Å². The van der Waals surface area contributed by atoms with E-state index >= 15 is 0 Å². The van der Waals surface area contributed by atoms with Crippen LogP contribution in [0.5, 0.6) is 17.4 Å². The molecule has 4 rings (SSSR count). The minimum Gasteiger partial charge on any atom is -0.497 e. The van der Waals surface area contributed by atoms with Crippen molar-refractivity contribution in [1.82, 2.24) is 24.5 Å². The predicted molar refractivity (Wildman–Crippen MR) is 118 cm³/mol. The van der Waals surface area contributed by atoms with Crippen LogP contribution < -0.4 is 20.5 Å². The van der Waals surface area contributed by atoms with Crippen LogP contribution in [-0.2, 0) is 17.9 Å². The number of fused-ring (bicyclic) bond motifs is 1. The van der Waals surface area contributed by atoms with Crippen LogP contribution in [0.3, 0.4) is 0 Å². The summed E-state index contributed by atoms with van der Waals surface area (Å²) in [4.78, 5) is 29.4. The summed E-state index contributed by atoms with van der Waals surface area (Å²) in [6, 6.07) is 13.1. The number of aryl methyl sites for hydroxylation is 1. The van der Waals surface area contributed by atoms with Crippen molar-refractivity contribution < 1.29 is 14.3 Å². The maximum Gasteiger partial charge on any atom is 0.351 e. The maximum atomic E-state index is 12.7. The molecular weight excluding hydrogens is 410 g/mol. The first-order valence-electron chi connectivity index (χ1n) is 10.0. The Morgan fingerprint density at radius 1 is 1.12 bits per heavy atom. The van der Waals surface area contributed by atoms with E-state index in [-0.39, 0.29) is 24.0 Å². The molecule has 1 N–H and O–H groups in total. The summed E-state index contributed by atoms with van der Waals surface area (Å²) < 4.78 is 13.5. The number of methoxy groups -OCH3 is 1. The molecule has 1 amide bonds. The summed E-state index contributed by atoms with van der Waals surface area (Å²) in [5, 5.41) is 7.07. The maximum absolute atomic E-state index is 12.7. The van der Waals surface area contributed by atoms with Crippen LogP contribution in [0.15, 0.2) is 59.7 Å². The highest BCUT2D eigenvalue weighted by atomic mass is 16.5. The Hall–Kier alpha value is -4.14. The van der Waals surface area contributed by atoms with Crippen LogP contribution >= 0.6 is 0 Å². The second kappa shape index (κ2) is 8.93. The second-order valence-corrected chi connectivity index (χ2v) is 7.29. The van der Waals surface area contributed by atoms with Crippen molar-refractivity contribution in [2.75, 3.05) is 7.11 Å². The normalized spacial score (nSPS) is 10.8. The zero-order valence-electron chi connectivity index (χ0n) is 18.0. The summed E-state index contributed by atoms with van der Waals surface area (Å²) in [5.74, 6) is 1.22. The van der Waals surface area contributed by atoms with Gasteiger partial charge in [-0.15, -0.1) is 5.10 Å². The van der Waals surface area contributed by atoms with Crippen molar-refractivity contribution >= 4 is 11.6 Å². The molecule has 9 heteroatoms. The van der Waals surface area contributed by atoms with Gasteiger partial charge in [-0.2, -0.15) is 0 Å². The van der Waals surface area contributed by atoms with Gasteiger partial charge in [-0.25, -0.2) is 18.9 Å². The number of nitrogens with one attached hydrogen (secondary N) is 1. The number of rotatable bonds is 7. The Morgan fingerprint density at radius 2 is 1.91 bits per heavy atom. The number of carbonyl (C=O) groups is 1. The molecule has 2 aromatic carbocycles. The van der Waals surface area contributed by atoms with Gasteiger partial charge >= 0.3 is 5.69 Å². The van der Waals surface area contributed by atoms with Crippen LogP contribution in [0.25, 0.3) is 5.65 Å². The number of ether oxygens (including phenoxy) is 2. The zero-order chi connectivity index (χ0) is 22.7. The molecule has 0 saturated carbocycles. The largest absolute Gasteiger partial charge is 0.497 e. The molecule has 9 nitrogen and oxygen atoms in total.